The molecule has 0 radical (unpaired) electrons. The Morgan fingerprint density at radius 3 is 2.61 bits per heavy atom. The van der Waals surface area contributed by atoms with Crippen LogP contribution in [-0.4, -0.2) is 10.8 Å². The minimum atomic E-state index is -0.525. The first kappa shape index (κ1) is 14.9. The van der Waals surface area contributed by atoms with E-state index in [0.717, 1.165) is 10.4 Å². The minimum absolute atomic E-state index is 0.112. The third kappa shape index (κ3) is 3.41. The number of amides is 1. The van der Waals surface area contributed by atoms with E-state index in [1.54, 1.807) is 10.3 Å². The predicted molar refractivity (Wildman–Crippen MR) is 86.7 cm³/mol. The van der Waals surface area contributed by atoms with Crippen LogP contribution in [0.1, 0.15) is 10.4 Å². The Labute approximate surface area is 135 Å². The molecule has 0 atom stereocenters. The first-order valence-electron chi connectivity index (χ1n) is 6.77. The van der Waals surface area contributed by atoms with Gasteiger partial charge in [-0.15, -0.1) is 5.43 Å². The fourth-order valence-corrected chi connectivity index (χ4v) is 2.86. The lowest BCUT2D eigenvalue weighted by molar-refractivity contribution is -0.568. The van der Waals surface area contributed by atoms with Crippen molar-refractivity contribution < 1.29 is 13.8 Å². The zero-order valence-electron chi connectivity index (χ0n) is 11.9. The van der Waals surface area contributed by atoms with E-state index < -0.39 is 10.8 Å². The molecule has 2 aromatic carbocycles. The van der Waals surface area contributed by atoms with E-state index in [1.165, 1.54) is 35.8 Å². The van der Waals surface area contributed by atoms with Gasteiger partial charge in [0.25, 0.3) is 5.69 Å². The van der Waals surface area contributed by atoms with Gasteiger partial charge in [-0.25, -0.2) is 0 Å². The molecule has 3 rings (SSSR count). The number of nitrogens with one attached hydrogen (secondary N) is 1. The summed E-state index contributed by atoms with van der Waals surface area (Å²) in [6.07, 6.45) is 1.74. The van der Waals surface area contributed by atoms with Crippen molar-refractivity contribution in [3.05, 3.63) is 82.5 Å². The van der Waals surface area contributed by atoms with Crippen molar-refractivity contribution in [3.63, 3.8) is 0 Å². The summed E-state index contributed by atoms with van der Waals surface area (Å²) >= 11 is 1.37. The first-order chi connectivity index (χ1) is 11.1. The van der Waals surface area contributed by atoms with Crippen LogP contribution >= 0.6 is 11.5 Å². The van der Waals surface area contributed by atoms with Gasteiger partial charge in [-0.1, -0.05) is 36.4 Å². The van der Waals surface area contributed by atoms with Crippen LogP contribution in [0.15, 0.2) is 66.9 Å². The number of hydrogen-bond donors (Lipinski definition) is 1. The number of benzene rings is 2. The van der Waals surface area contributed by atoms with E-state index in [1.807, 2.05) is 36.4 Å². The van der Waals surface area contributed by atoms with Gasteiger partial charge >= 0.3 is 5.91 Å². The SMILES string of the molecule is O=C(N[n+]1ccc(-c2ccccc2)s1)c1cccc([N+](=O)[O-])c1. The normalized spacial score (nSPS) is 10.3. The number of nitrogens with zero attached hydrogens (tertiary/aromatic N) is 2. The number of nitro groups is 1. The summed E-state index contributed by atoms with van der Waals surface area (Å²) in [5.41, 5.74) is 3.87. The Bertz CT molecular complexity index is 862. The summed E-state index contributed by atoms with van der Waals surface area (Å²) in [4.78, 5) is 23.4. The zero-order valence-corrected chi connectivity index (χ0v) is 12.7. The molecule has 114 valence electrons. The molecule has 0 saturated carbocycles. The highest BCUT2D eigenvalue weighted by molar-refractivity contribution is 7.05. The average Bonchev–Trinajstić information content (AvgIpc) is 3.04. The Morgan fingerprint density at radius 1 is 1.09 bits per heavy atom. The van der Waals surface area contributed by atoms with Crippen LogP contribution in [0.4, 0.5) is 5.69 Å². The van der Waals surface area contributed by atoms with Crippen molar-refractivity contribution in [2.45, 2.75) is 0 Å². The molecule has 1 amide bonds. The van der Waals surface area contributed by atoms with E-state index >= 15 is 0 Å². The second kappa shape index (κ2) is 6.37. The lowest BCUT2D eigenvalue weighted by Crippen LogP contribution is -2.44. The number of rotatable bonds is 4. The number of carbonyl (C=O) groups is 1. The topological polar surface area (TPSA) is 76.1 Å². The summed E-state index contributed by atoms with van der Waals surface area (Å²) in [7, 11) is 0. The molecule has 1 N–H and O–H groups in total. The van der Waals surface area contributed by atoms with Crippen molar-refractivity contribution in [2.75, 3.05) is 5.43 Å². The molecule has 6 nitrogen and oxygen atoms in total. The zero-order chi connectivity index (χ0) is 16.2. The molecule has 23 heavy (non-hydrogen) atoms. The van der Waals surface area contributed by atoms with Crippen LogP contribution < -0.4 is 9.49 Å². The second-order valence-corrected chi connectivity index (χ2v) is 5.73. The fourth-order valence-electron chi connectivity index (χ4n) is 2.04. The molecule has 0 unspecified atom stereocenters. The third-order valence-corrected chi connectivity index (χ3v) is 4.13. The highest BCUT2D eigenvalue weighted by atomic mass is 32.1. The number of aromatic nitrogens is 1. The Kier molecular flexibility index (Phi) is 4.11. The Hall–Kier alpha value is -3.06. The molecule has 0 aliphatic carbocycles. The summed E-state index contributed by atoms with van der Waals surface area (Å²) in [6, 6.07) is 17.3. The van der Waals surface area contributed by atoms with Crippen LogP contribution in [0.3, 0.4) is 0 Å². The number of non-ortho nitro benzene ring substituents is 1. The van der Waals surface area contributed by atoms with E-state index in [0.29, 0.717) is 0 Å². The van der Waals surface area contributed by atoms with Crippen molar-refractivity contribution in [1.29, 1.82) is 0 Å². The van der Waals surface area contributed by atoms with Crippen LogP contribution in [0.25, 0.3) is 10.4 Å². The van der Waals surface area contributed by atoms with Gasteiger partial charge in [-0.2, -0.15) is 0 Å². The maximum Gasteiger partial charge on any atom is 0.306 e. The van der Waals surface area contributed by atoms with Crippen molar-refractivity contribution in [3.8, 4) is 10.4 Å². The van der Waals surface area contributed by atoms with Gasteiger partial charge in [0.05, 0.1) is 10.5 Å². The van der Waals surface area contributed by atoms with E-state index in [4.69, 9.17) is 0 Å². The smallest absolute Gasteiger partial charge is 0.263 e. The van der Waals surface area contributed by atoms with Crippen molar-refractivity contribution in [2.24, 2.45) is 0 Å². The van der Waals surface area contributed by atoms with Crippen LogP contribution in [0.5, 0.6) is 0 Å². The van der Waals surface area contributed by atoms with Crippen LogP contribution in [0.2, 0.25) is 0 Å². The number of carbonyl (C=O) groups excluding carboxylic acids is 1. The summed E-state index contributed by atoms with van der Waals surface area (Å²) in [5.74, 6) is -0.403. The summed E-state index contributed by atoms with van der Waals surface area (Å²) in [5, 5.41) is 10.8. The quantitative estimate of drug-likeness (QED) is 0.455. The van der Waals surface area contributed by atoms with Gasteiger partial charge in [-0.3, -0.25) is 14.9 Å². The van der Waals surface area contributed by atoms with Gasteiger partial charge in [0.15, 0.2) is 11.5 Å². The fraction of sp³-hybridized carbons (Fsp3) is 0. The lowest BCUT2D eigenvalue weighted by Gasteiger charge is -1.97. The van der Waals surface area contributed by atoms with Crippen molar-refractivity contribution >= 4 is 23.1 Å². The molecule has 0 bridgehead atoms. The van der Waals surface area contributed by atoms with Gasteiger partial charge in [0.2, 0.25) is 6.20 Å². The average molecular weight is 326 g/mol. The standard InChI is InChI=1S/C16H11N3O3S/c20-16(13-7-4-8-14(11-13)19(21)22)17-18-10-9-15(23-18)12-5-2-1-3-6-12/h1-11H/p+1. The molecule has 3 aromatic rings. The summed E-state index contributed by atoms with van der Waals surface area (Å²) < 4.78 is 1.57. The predicted octanol–water partition coefficient (Wildman–Crippen LogP) is 2.99. The van der Waals surface area contributed by atoms with E-state index in [2.05, 4.69) is 5.43 Å². The first-order valence-corrected chi connectivity index (χ1v) is 7.54. The monoisotopic (exact) mass is 326 g/mol. The molecule has 7 heteroatoms. The second-order valence-electron chi connectivity index (χ2n) is 4.71. The molecule has 0 saturated heterocycles. The summed E-state index contributed by atoms with van der Waals surface area (Å²) in [6.45, 7) is 0. The molecule has 0 fully saturated rings. The third-order valence-electron chi connectivity index (χ3n) is 3.15. The maximum absolute atomic E-state index is 12.2. The van der Waals surface area contributed by atoms with Crippen LogP contribution in [-0.2, 0) is 0 Å². The highest BCUT2D eigenvalue weighted by Gasteiger charge is 2.17. The highest BCUT2D eigenvalue weighted by Crippen LogP contribution is 2.20. The molecule has 1 heterocycles. The molecular formula is C16H12N3O3S+. The molecule has 0 aliphatic heterocycles. The minimum Gasteiger partial charge on any atom is -0.263 e. The maximum atomic E-state index is 12.2. The van der Waals surface area contributed by atoms with Gasteiger partial charge in [0.1, 0.15) is 4.88 Å². The lowest BCUT2D eigenvalue weighted by atomic mass is 10.2. The Balaban J connectivity index is 1.77. The van der Waals surface area contributed by atoms with E-state index in [-0.39, 0.29) is 11.3 Å². The van der Waals surface area contributed by atoms with E-state index in [9.17, 15) is 14.9 Å². The molecule has 0 spiro atoms. The molecular weight excluding hydrogens is 314 g/mol. The largest absolute Gasteiger partial charge is 0.306 e. The number of hydrogen-bond acceptors (Lipinski definition) is 4. The molecule has 0 aliphatic rings. The number of nitro benzene ring substituents is 1. The van der Waals surface area contributed by atoms with Crippen molar-refractivity contribution in [1.82, 2.24) is 0 Å². The van der Waals surface area contributed by atoms with Gasteiger partial charge in [-0.05, 0) is 15.7 Å². The van der Waals surface area contributed by atoms with Gasteiger partial charge < -0.3 is 0 Å². The van der Waals surface area contributed by atoms with Gasteiger partial charge in [0, 0.05) is 18.2 Å². The Morgan fingerprint density at radius 2 is 1.87 bits per heavy atom. The van der Waals surface area contributed by atoms with Crippen LogP contribution in [0, 0.1) is 10.1 Å². The molecule has 1 aromatic heterocycles.